The fourth-order valence-electron chi connectivity index (χ4n) is 6.82. The van der Waals surface area contributed by atoms with Gasteiger partial charge in [-0.3, -0.25) is 9.63 Å². The summed E-state index contributed by atoms with van der Waals surface area (Å²) in [5.74, 6) is -0.111. The van der Waals surface area contributed by atoms with E-state index in [2.05, 4.69) is 41.4 Å². The van der Waals surface area contributed by atoms with Gasteiger partial charge in [-0.25, -0.2) is 4.79 Å². The number of nitrogens with zero attached hydrogens (tertiary/aromatic N) is 4. The lowest BCUT2D eigenvalue weighted by atomic mass is 9.74. The average molecular weight is 623 g/mol. The zero-order valence-corrected chi connectivity index (χ0v) is 26.9. The molecule has 0 radical (unpaired) electrons. The minimum atomic E-state index is -1.05. The number of aromatic carboxylic acids is 1. The van der Waals surface area contributed by atoms with Crippen molar-refractivity contribution >= 4 is 17.6 Å². The fraction of sp³-hybridized carbons (Fsp3) is 0.576. The normalized spacial score (nSPS) is 25.8. The van der Waals surface area contributed by atoms with Crippen molar-refractivity contribution in [2.24, 2.45) is 28.8 Å². The number of hydrogen-bond acceptors (Lipinski definition) is 8. The number of methoxy groups -OCH3 is 1. The van der Waals surface area contributed by atoms with Crippen molar-refractivity contribution in [2.45, 2.75) is 77.8 Å². The molecule has 244 valence electrons. The van der Waals surface area contributed by atoms with E-state index < -0.39 is 30.1 Å². The Morgan fingerprint density at radius 1 is 1.22 bits per heavy atom. The SMILES string of the molecule is CNc1cc(C(=O)O)cc(-c2cccc(CN3O[C@@H](CN=[N+]=[N-])[C@@H]([C@H](C)O)[C@H]3C(=O)N[C@H]3C[C@H](C(C)C)CC[C@@H]3C)c2OC)c1. The Labute approximate surface area is 264 Å². The number of hydroxylamine groups is 2. The monoisotopic (exact) mass is 622 g/mol. The molecule has 7 atom stereocenters. The number of aliphatic hydroxyl groups excluding tert-OH is 1. The predicted octanol–water partition coefficient (Wildman–Crippen LogP) is 5.47. The van der Waals surface area contributed by atoms with E-state index in [0.29, 0.717) is 45.9 Å². The van der Waals surface area contributed by atoms with Gasteiger partial charge in [0.15, 0.2) is 0 Å². The van der Waals surface area contributed by atoms with Crippen LogP contribution >= 0.6 is 0 Å². The molecule has 4 N–H and O–H groups in total. The third kappa shape index (κ3) is 7.70. The lowest BCUT2D eigenvalue weighted by Gasteiger charge is -2.38. The number of carboxylic acid groups (broad SMARTS) is 1. The van der Waals surface area contributed by atoms with E-state index in [-0.39, 0.29) is 30.6 Å². The van der Waals surface area contributed by atoms with Gasteiger partial charge in [-0.2, -0.15) is 5.06 Å². The van der Waals surface area contributed by atoms with E-state index in [1.54, 1.807) is 31.2 Å². The zero-order valence-electron chi connectivity index (χ0n) is 26.9. The average Bonchev–Trinajstić information content (AvgIpc) is 3.38. The van der Waals surface area contributed by atoms with Gasteiger partial charge in [0.1, 0.15) is 11.8 Å². The number of ether oxygens (including phenoxy) is 1. The summed E-state index contributed by atoms with van der Waals surface area (Å²) >= 11 is 0. The number of anilines is 1. The molecule has 1 aliphatic carbocycles. The van der Waals surface area contributed by atoms with Crippen LogP contribution in [0.1, 0.15) is 62.9 Å². The molecule has 1 aliphatic heterocycles. The van der Waals surface area contributed by atoms with Crippen LogP contribution in [0.15, 0.2) is 41.5 Å². The second kappa shape index (κ2) is 15.0. The minimum Gasteiger partial charge on any atom is -0.496 e. The molecule has 12 nitrogen and oxygen atoms in total. The van der Waals surface area contributed by atoms with Gasteiger partial charge in [0.2, 0.25) is 5.91 Å². The predicted molar refractivity (Wildman–Crippen MR) is 172 cm³/mol. The molecule has 1 amide bonds. The molecular formula is C33H46N6O6. The first-order valence-corrected chi connectivity index (χ1v) is 15.6. The standard InChI is InChI=1S/C33H46N6O6/c1-18(2)21-11-10-19(3)27(15-21)37-32(41)30-29(20(4)40)28(16-36-38-34)45-39(30)17-22-8-7-9-26(31(22)44-6)23-12-24(33(42)43)14-25(13-23)35-5/h7-9,12-14,18-21,27-30,35,40H,10-11,15-17H2,1-6H3,(H,37,41)(H,42,43)/t19-,20-,21+,27-,28-,29+,30-/m0/s1. The highest BCUT2D eigenvalue weighted by atomic mass is 16.7. The molecule has 12 heteroatoms. The van der Waals surface area contributed by atoms with Gasteiger partial charge in [0, 0.05) is 40.7 Å². The highest BCUT2D eigenvalue weighted by molar-refractivity contribution is 5.92. The molecule has 4 rings (SSSR count). The molecule has 2 aliphatic rings. The Bertz CT molecular complexity index is 1410. The Kier molecular flexibility index (Phi) is 11.3. The van der Waals surface area contributed by atoms with Gasteiger partial charge >= 0.3 is 5.97 Å². The van der Waals surface area contributed by atoms with E-state index in [4.69, 9.17) is 15.1 Å². The molecule has 1 heterocycles. The molecule has 0 unspecified atom stereocenters. The van der Waals surface area contributed by atoms with Gasteiger partial charge in [-0.15, -0.1) is 0 Å². The number of nitrogens with one attached hydrogen (secondary N) is 2. The van der Waals surface area contributed by atoms with Crippen LogP contribution in [-0.4, -0.2) is 72.1 Å². The number of hydrogen-bond donors (Lipinski definition) is 4. The van der Waals surface area contributed by atoms with Gasteiger partial charge < -0.3 is 25.6 Å². The molecule has 2 aromatic rings. The summed E-state index contributed by atoms with van der Waals surface area (Å²) in [6, 6.07) is 9.65. The second-order valence-electron chi connectivity index (χ2n) is 12.7. The Hall–Kier alpha value is -3.83. The number of benzene rings is 2. The first-order valence-electron chi connectivity index (χ1n) is 15.6. The van der Waals surface area contributed by atoms with Crippen LogP contribution in [0.3, 0.4) is 0 Å². The largest absolute Gasteiger partial charge is 0.496 e. The number of aliphatic hydroxyl groups is 1. The second-order valence-corrected chi connectivity index (χ2v) is 12.7. The molecule has 2 fully saturated rings. The number of carboxylic acids is 1. The smallest absolute Gasteiger partial charge is 0.335 e. The molecule has 0 spiro atoms. The molecule has 1 saturated heterocycles. The Morgan fingerprint density at radius 2 is 1.98 bits per heavy atom. The number of carbonyl (C=O) groups excluding carboxylic acids is 1. The van der Waals surface area contributed by atoms with Crippen molar-refractivity contribution in [3.05, 3.63) is 58.0 Å². The summed E-state index contributed by atoms with van der Waals surface area (Å²) in [5.41, 5.74) is 11.8. The highest BCUT2D eigenvalue weighted by Gasteiger charge is 2.50. The maximum Gasteiger partial charge on any atom is 0.335 e. The van der Waals surface area contributed by atoms with Crippen LogP contribution in [0.2, 0.25) is 0 Å². The van der Waals surface area contributed by atoms with Crippen molar-refractivity contribution in [3.8, 4) is 16.9 Å². The fourth-order valence-corrected chi connectivity index (χ4v) is 6.82. The summed E-state index contributed by atoms with van der Waals surface area (Å²) in [7, 11) is 3.26. The van der Waals surface area contributed by atoms with Crippen LogP contribution in [0.5, 0.6) is 5.75 Å². The molecular weight excluding hydrogens is 576 g/mol. The summed E-state index contributed by atoms with van der Waals surface area (Å²) in [4.78, 5) is 35.2. The molecule has 0 aromatic heterocycles. The van der Waals surface area contributed by atoms with Crippen molar-refractivity contribution in [1.82, 2.24) is 10.4 Å². The van der Waals surface area contributed by atoms with Gasteiger partial charge in [0.25, 0.3) is 0 Å². The van der Waals surface area contributed by atoms with Gasteiger partial charge in [-0.05, 0) is 73.2 Å². The van der Waals surface area contributed by atoms with Gasteiger partial charge in [0.05, 0.1) is 38.0 Å². The Balaban J connectivity index is 1.71. The van der Waals surface area contributed by atoms with Crippen LogP contribution in [0, 0.1) is 23.7 Å². The van der Waals surface area contributed by atoms with Crippen molar-refractivity contribution in [2.75, 3.05) is 26.0 Å². The maximum atomic E-state index is 14.1. The number of carbonyl (C=O) groups is 2. The van der Waals surface area contributed by atoms with E-state index >= 15 is 0 Å². The maximum absolute atomic E-state index is 14.1. The van der Waals surface area contributed by atoms with E-state index in [1.165, 1.54) is 7.11 Å². The quantitative estimate of drug-likeness (QED) is 0.137. The number of amides is 1. The minimum absolute atomic E-state index is 0.00734. The van der Waals surface area contributed by atoms with Crippen molar-refractivity contribution in [3.63, 3.8) is 0 Å². The molecule has 2 aromatic carbocycles. The summed E-state index contributed by atoms with van der Waals surface area (Å²) in [6.45, 7) is 8.29. The van der Waals surface area contributed by atoms with Crippen LogP contribution < -0.4 is 15.4 Å². The lowest BCUT2D eigenvalue weighted by Crippen LogP contribution is -2.53. The van der Waals surface area contributed by atoms with E-state index in [1.807, 2.05) is 24.3 Å². The number of para-hydroxylation sites is 1. The van der Waals surface area contributed by atoms with Crippen LogP contribution in [-0.2, 0) is 16.2 Å². The molecule has 0 bridgehead atoms. The van der Waals surface area contributed by atoms with Crippen LogP contribution in [0.4, 0.5) is 5.69 Å². The lowest BCUT2D eigenvalue weighted by molar-refractivity contribution is -0.174. The molecule has 1 saturated carbocycles. The molecule has 45 heavy (non-hydrogen) atoms. The zero-order chi connectivity index (χ0) is 32.8. The first-order chi connectivity index (χ1) is 21.5. The summed E-state index contributed by atoms with van der Waals surface area (Å²) in [6.07, 6.45) is 1.41. The first kappa shape index (κ1) is 34.1. The number of azide groups is 1. The van der Waals surface area contributed by atoms with E-state index in [0.717, 1.165) is 19.3 Å². The van der Waals surface area contributed by atoms with Crippen molar-refractivity contribution in [1.29, 1.82) is 0 Å². The third-order valence-electron chi connectivity index (χ3n) is 9.44. The van der Waals surface area contributed by atoms with Gasteiger partial charge in [-0.1, -0.05) is 44.1 Å². The number of rotatable bonds is 12. The van der Waals surface area contributed by atoms with Crippen molar-refractivity contribution < 1.29 is 29.4 Å². The topological polar surface area (TPSA) is 169 Å². The van der Waals surface area contributed by atoms with Crippen LogP contribution in [0.25, 0.3) is 21.6 Å². The summed E-state index contributed by atoms with van der Waals surface area (Å²) < 4.78 is 5.88. The Morgan fingerprint density at radius 3 is 2.60 bits per heavy atom. The highest BCUT2D eigenvalue weighted by Crippen LogP contribution is 2.39. The van der Waals surface area contributed by atoms with E-state index in [9.17, 15) is 19.8 Å². The summed E-state index contributed by atoms with van der Waals surface area (Å²) in [5, 5.41) is 32.2. The third-order valence-corrected chi connectivity index (χ3v) is 9.44.